The van der Waals surface area contributed by atoms with Crippen LogP contribution >= 0.6 is 0 Å². The average molecular weight is 506 g/mol. The Hall–Kier alpha value is -4.15. The van der Waals surface area contributed by atoms with Crippen molar-refractivity contribution >= 4 is 11.7 Å². The monoisotopic (exact) mass is 505 g/mol. The lowest BCUT2D eigenvalue weighted by atomic mass is 10.1. The SMILES string of the molecule is O=C(Nc1cccc(-c2nnc3n2CCCC3)n1)c1cc(-n2cnc(C3CC3)c2)c(OCCF)cc1F. The number of fused-ring (bicyclic) bond motifs is 1. The van der Waals surface area contributed by atoms with Gasteiger partial charge >= 0.3 is 0 Å². The van der Waals surface area contributed by atoms with Crippen LogP contribution < -0.4 is 10.1 Å². The van der Waals surface area contributed by atoms with E-state index in [1.54, 1.807) is 29.1 Å². The molecule has 190 valence electrons. The highest BCUT2D eigenvalue weighted by atomic mass is 19.1. The maximum Gasteiger partial charge on any atom is 0.259 e. The third-order valence-electron chi connectivity index (χ3n) is 6.58. The van der Waals surface area contributed by atoms with Crippen LogP contribution in [0.3, 0.4) is 0 Å². The molecular weight excluding hydrogens is 480 g/mol. The Labute approximate surface area is 211 Å². The van der Waals surface area contributed by atoms with Gasteiger partial charge in [-0.15, -0.1) is 10.2 Å². The van der Waals surface area contributed by atoms with E-state index < -0.39 is 18.4 Å². The number of hydrogen-bond acceptors (Lipinski definition) is 6. The number of nitrogens with zero attached hydrogens (tertiary/aromatic N) is 6. The fraction of sp³-hybridized carbons (Fsp3) is 0.346. The van der Waals surface area contributed by atoms with Gasteiger partial charge < -0.3 is 19.2 Å². The van der Waals surface area contributed by atoms with Crippen molar-refractivity contribution in [2.24, 2.45) is 0 Å². The summed E-state index contributed by atoms with van der Waals surface area (Å²) in [4.78, 5) is 22.1. The van der Waals surface area contributed by atoms with Gasteiger partial charge in [0.15, 0.2) is 5.82 Å². The Morgan fingerprint density at radius 3 is 2.92 bits per heavy atom. The molecule has 1 aliphatic heterocycles. The van der Waals surface area contributed by atoms with Crippen LogP contribution in [-0.4, -0.2) is 48.5 Å². The van der Waals surface area contributed by atoms with Crippen LogP contribution in [0.25, 0.3) is 17.2 Å². The molecule has 9 nitrogen and oxygen atoms in total. The molecule has 3 aromatic heterocycles. The first-order valence-corrected chi connectivity index (χ1v) is 12.4. The smallest absolute Gasteiger partial charge is 0.259 e. The number of imidazole rings is 1. The fourth-order valence-electron chi connectivity index (χ4n) is 4.55. The zero-order valence-corrected chi connectivity index (χ0v) is 20.0. The zero-order chi connectivity index (χ0) is 25.4. The number of benzene rings is 1. The standard InChI is InChI=1S/C26H25F2N7O2/c27-9-11-37-22-13-18(28)17(12-21(22)34-14-20(29-15-34)16-7-8-16)26(36)31-23-5-3-4-19(30-23)25-33-32-24-6-1-2-10-35(24)25/h3-5,12-16H,1-2,6-11H2,(H,30,31,36). The number of aryl methyl sites for hydroxylation is 1. The highest BCUT2D eigenvalue weighted by molar-refractivity contribution is 6.04. The Balaban J connectivity index is 1.29. The van der Waals surface area contributed by atoms with Crippen molar-refractivity contribution in [1.82, 2.24) is 29.3 Å². The van der Waals surface area contributed by atoms with Crippen molar-refractivity contribution in [1.29, 1.82) is 0 Å². The number of alkyl halides is 1. The highest BCUT2D eigenvalue weighted by Gasteiger charge is 2.27. The van der Waals surface area contributed by atoms with Gasteiger partial charge in [0, 0.05) is 31.1 Å². The molecule has 0 radical (unpaired) electrons. The van der Waals surface area contributed by atoms with Gasteiger partial charge in [0.25, 0.3) is 5.91 Å². The number of anilines is 1. The van der Waals surface area contributed by atoms with Crippen molar-refractivity contribution in [3.63, 3.8) is 0 Å². The summed E-state index contributed by atoms with van der Waals surface area (Å²) < 4.78 is 37.0. The molecular formula is C26H25F2N7O2. The van der Waals surface area contributed by atoms with Crippen LogP contribution in [0, 0.1) is 5.82 Å². The van der Waals surface area contributed by atoms with E-state index >= 15 is 4.39 Å². The largest absolute Gasteiger partial charge is 0.489 e. The molecule has 4 aromatic rings. The quantitative estimate of drug-likeness (QED) is 0.379. The predicted octanol–water partition coefficient (Wildman–Crippen LogP) is 4.48. The van der Waals surface area contributed by atoms with Gasteiger partial charge in [-0.3, -0.25) is 4.79 Å². The summed E-state index contributed by atoms with van der Waals surface area (Å²) in [6.45, 7) is -0.138. The van der Waals surface area contributed by atoms with Crippen LogP contribution in [0.5, 0.6) is 5.75 Å². The maximum atomic E-state index is 15.1. The molecule has 0 saturated heterocycles. The Morgan fingerprint density at radius 1 is 1.19 bits per heavy atom. The summed E-state index contributed by atoms with van der Waals surface area (Å²) in [5.74, 6) is 0.892. The number of amides is 1. The lowest BCUT2D eigenvalue weighted by molar-refractivity contribution is 0.102. The number of hydrogen-bond donors (Lipinski definition) is 1. The Kier molecular flexibility index (Phi) is 6.11. The molecule has 0 spiro atoms. The molecule has 1 aromatic carbocycles. The van der Waals surface area contributed by atoms with Gasteiger partial charge in [-0.1, -0.05) is 6.07 Å². The fourth-order valence-corrected chi connectivity index (χ4v) is 4.55. The third-order valence-corrected chi connectivity index (χ3v) is 6.58. The summed E-state index contributed by atoms with van der Waals surface area (Å²) in [7, 11) is 0. The number of nitrogens with one attached hydrogen (secondary N) is 1. The van der Waals surface area contributed by atoms with E-state index in [9.17, 15) is 9.18 Å². The van der Waals surface area contributed by atoms with Gasteiger partial charge in [-0.05, 0) is 43.9 Å². The third kappa shape index (κ3) is 4.68. The molecule has 37 heavy (non-hydrogen) atoms. The summed E-state index contributed by atoms with van der Waals surface area (Å²) in [6.07, 6.45) is 8.56. The molecule has 4 heterocycles. The minimum Gasteiger partial charge on any atom is -0.489 e. The van der Waals surface area contributed by atoms with Gasteiger partial charge in [0.05, 0.1) is 23.3 Å². The van der Waals surface area contributed by atoms with E-state index in [-0.39, 0.29) is 23.7 Å². The van der Waals surface area contributed by atoms with E-state index in [2.05, 4.69) is 25.5 Å². The average Bonchev–Trinajstić information content (AvgIpc) is 3.48. The number of carbonyl (C=O) groups is 1. The molecule has 1 amide bonds. The van der Waals surface area contributed by atoms with Gasteiger partial charge in [-0.25, -0.2) is 18.7 Å². The minimum atomic E-state index is -0.791. The summed E-state index contributed by atoms with van der Waals surface area (Å²) in [5.41, 5.74) is 1.69. The van der Waals surface area contributed by atoms with E-state index in [0.717, 1.165) is 56.2 Å². The van der Waals surface area contributed by atoms with Gasteiger partial charge in [-0.2, -0.15) is 0 Å². The number of aromatic nitrogens is 6. The minimum absolute atomic E-state index is 0.128. The number of carbonyl (C=O) groups excluding carboxylic acids is 1. The first-order chi connectivity index (χ1) is 18.1. The Morgan fingerprint density at radius 2 is 2.08 bits per heavy atom. The topological polar surface area (TPSA) is 99.8 Å². The summed E-state index contributed by atoms with van der Waals surface area (Å²) in [5, 5.41) is 11.2. The second-order valence-electron chi connectivity index (χ2n) is 9.23. The molecule has 0 bridgehead atoms. The van der Waals surface area contributed by atoms with Crippen molar-refractivity contribution in [3.05, 3.63) is 65.8 Å². The first-order valence-electron chi connectivity index (χ1n) is 12.4. The molecule has 1 saturated carbocycles. The second-order valence-corrected chi connectivity index (χ2v) is 9.23. The Bertz CT molecular complexity index is 1460. The van der Waals surface area contributed by atoms with Crippen molar-refractivity contribution in [2.75, 3.05) is 18.6 Å². The van der Waals surface area contributed by atoms with Crippen molar-refractivity contribution < 1.29 is 18.3 Å². The molecule has 11 heteroatoms. The van der Waals surface area contributed by atoms with Gasteiger partial charge in [0.1, 0.15) is 42.2 Å². The van der Waals surface area contributed by atoms with Crippen molar-refractivity contribution in [2.45, 2.75) is 44.6 Å². The maximum absolute atomic E-state index is 15.1. The summed E-state index contributed by atoms with van der Waals surface area (Å²) >= 11 is 0. The predicted molar refractivity (Wildman–Crippen MR) is 131 cm³/mol. The van der Waals surface area contributed by atoms with Crippen LogP contribution in [0.15, 0.2) is 42.9 Å². The van der Waals surface area contributed by atoms with Crippen molar-refractivity contribution in [3.8, 4) is 23.0 Å². The zero-order valence-electron chi connectivity index (χ0n) is 20.0. The van der Waals surface area contributed by atoms with Crippen LogP contribution in [-0.2, 0) is 13.0 Å². The molecule has 1 N–H and O–H groups in total. The lowest BCUT2D eigenvalue weighted by Crippen LogP contribution is -2.16. The molecule has 2 aliphatic rings. The van der Waals surface area contributed by atoms with Crippen LogP contribution in [0.4, 0.5) is 14.6 Å². The van der Waals surface area contributed by atoms with E-state index in [1.807, 2.05) is 10.8 Å². The molecule has 6 rings (SSSR count). The first kappa shape index (κ1) is 23.3. The van der Waals surface area contributed by atoms with E-state index in [0.29, 0.717) is 23.1 Å². The normalized spacial score (nSPS) is 14.9. The van der Waals surface area contributed by atoms with Crippen LogP contribution in [0.2, 0.25) is 0 Å². The second kappa shape index (κ2) is 9.72. The molecule has 1 fully saturated rings. The number of pyridine rings is 1. The molecule has 0 atom stereocenters. The number of rotatable bonds is 8. The van der Waals surface area contributed by atoms with E-state index in [1.165, 1.54) is 6.07 Å². The van der Waals surface area contributed by atoms with Gasteiger partial charge in [0.2, 0.25) is 0 Å². The number of ether oxygens (including phenoxy) is 1. The van der Waals surface area contributed by atoms with Crippen LogP contribution in [0.1, 0.15) is 53.5 Å². The lowest BCUT2D eigenvalue weighted by Gasteiger charge is -2.15. The summed E-state index contributed by atoms with van der Waals surface area (Å²) in [6, 6.07) is 7.67. The molecule has 0 unspecified atom stereocenters. The highest BCUT2D eigenvalue weighted by Crippen LogP contribution is 2.39. The molecule has 1 aliphatic carbocycles. The number of halogens is 2. The van der Waals surface area contributed by atoms with E-state index in [4.69, 9.17) is 4.74 Å².